The van der Waals surface area contributed by atoms with E-state index in [1.165, 1.54) is 0 Å². The second kappa shape index (κ2) is 18.7. The van der Waals surface area contributed by atoms with Crippen LogP contribution < -0.4 is 0 Å². The molecular formula is C37H56O14. The molecule has 0 spiro atoms. The van der Waals surface area contributed by atoms with Crippen molar-refractivity contribution >= 4 is 11.9 Å². The van der Waals surface area contributed by atoms with Gasteiger partial charge in [0.1, 0.15) is 36.6 Å². The maximum Gasteiger partial charge on any atom is 0.338 e. The molecule has 5 N–H and O–H groups in total. The highest BCUT2D eigenvalue weighted by Gasteiger charge is 2.53. The maximum absolute atomic E-state index is 13.6. The molecule has 2 aliphatic carbocycles. The zero-order valence-electron chi connectivity index (χ0n) is 29.7. The van der Waals surface area contributed by atoms with Gasteiger partial charge in [0.15, 0.2) is 24.8 Å². The van der Waals surface area contributed by atoms with Crippen molar-refractivity contribution in [3.63, 3.8) is 0 Å². The van der Waals surface area contributed by atoms with Crippen LogP contribution in [0.15, 0.2) is 30.3 Å². The number of esters is 2. The molecule has 4 aliphatic rings. The summed E-state index contributed by atoms with van der Waals surface area (Å²) in [4.78, 5) is 26.9. The molecule has 1 aromatic rings. The maximum atomic E-state index is 13.6. The summed E-state index contributed by atoms with van der Waals surface area (Å²) in [7, 11) is 0. The molecule has 0 amide bonds. The van der Waals surface area contributed by atoms with E-state index < -0.39 is 98.3 Å². The molecule has 2 saturated heterocycles. The predicted octanol–water partition coefficient (Wildman–Crippen LogP) is 2.00. The minimum atomic E-state index is -1.54. The number of ether oxygens (including phenoxy) is 7. The van der Waals surface area contributed by atoms with Crippen LogP contribution in [0.2, 0.25) is 0 Å². The molecule has 14 atom stereocenters. The van der Waals surface area contributed by atoms with E-state index in [1.54, 1.807) is 44.2 Å². The van der Waals surface area contributed by atoms with E-state index in [4.69, 9.17) is 33.2 Å². The molecule has 0 bridgehead atoms. The number of aliphatic hydroxyl groups is 5. The molecule has 14 heteroatoms. The lowest BCUT2D eigenvalue weighted by atomic mass is 9.85. The molecule has 5 rings (SSSR count). The van der Waals surface area contributed by atoms with Gasteiger partial charge in [0.25, 0.3) is 0 Å². The van der Waals surface area contributed by atoms with Crippen molar-refractivity contribution in [2.75, 3.05) is 13.2 Å². The van der Waals surface area contributed by atoms with E-state index in [2.05, 4.69) is 0 Å². The molecule has 288 valence electrons. The van der Waals surface area contributed by atoms with Crippen LogP contribution >= 0.6 is 0 Å². The number of carbonyl (C=O) groups is 2. The quantitative estimate of drug-likeness (QED) is 0.185. The van der Waals surface area contributed by atoms with Crippen LogP contribution in [0.25, 0.3) is 0 Å². The Morgan fingerprint density at radius 2 is 1.53 bits per heavy atom. The summed E-state index contributed by atoms with van der Waals surface area (Å²) in [6.45, 7) is 4.69. The first-order valence-corrected chi connectivity index (χ1v) is 18.5. The molecule has 1 unspecified atom stereocenters. The number of hydrogen-bond donors (Lipinski definition) is 5. The van der Waals surface area contributed by atoms with Gasteiger partial charge in [-0.15, -0.1) is 0 Å². The van der Waals surface area contributed by atoms with Crippen molar-refractivity contribution < 1.29 is 68.3 Å². The monoisotopic (exact) mass is 724 g/mol. The van der Waals surface area contributed by atoms with Gasteiger partial charge in [0.05, 0.1) is 37.1 Å². The first-order valence-electron chi connectivity index (χ1n) is 18.5. The lowest BCUT2D eigenvalue weighted by Crippen LogP contribution is -2.64. The number of aliphatic hydroxyl groups excluding tert-OH is 5. The molecule has 2 heterocycles. The summed E-state index contributed by atoms with van der Waals surface area (Å²) in [6.07, 6.45) is -8.59. The highest BCUT2D eigenvalue weighted by Crippen LogP contribution is 2.37. The van der Waals surface area contributed by atoms with Crippen molar-refractivity contribution in [3.8, 4) is 0 Å². The first-order chi connectivity index (χ1) is 24.5. The average Bonchev–Trinajstić information content (AvgIpc) is 3.13. The van der Waals surface area contributed by atoms with Gasteiger partial charge >= 0.3 is 11.9 Å². The smallest absolute Gasteiger partial charge is 0.338 e. The standard InChI is InChI=1S/C37H56O14/c1-4-45-35(44)25(18-22-13-7-5-8-14-22)47-32-28(40)26(19-38)49-37(33(32)50-34(43)23-15-9-6-10-16-23)48-24-17-11-12-20(2)31(24)51-36-30(42)29(41)27(39)21(3)46-36/h6,9-10,15-16,20-22,24-33,36-42H,4-5,7-8,11-14,17-19H2,1-3H3/t20-,21-,24+,25-,26+,27+,28-,29+,30-,31+,32-,33+,36?,37+/m0/s1. The van der Waals surface area contributed by atoms with E-state index >= 15 is 0 Å². The van der Waals surface area contributed by atoms with Gasteiger partial charge < -0.3 is 58.7 Å². The summed E-state index contributed by atoms with van der Waals surface area (Å²) in [5, 5.41) is 53.3. The second-order valence-corrected chi connectivity index (χ2v) is 14.4. The Hall–Kier alpha value is -2.24. The van der Waals surface area contributed by atoms with E-state index in [1.807, 2.05) is 6.92 Å². The largest absolute Gasteiger partial charge is 0.464 e. The van der Waals surface area contributed by atoms with Crippen LogP contribution in [0.1, 0.15) is 88.9 Å². The van der Waals surface area contributed by atoms with Crippen LogP contribution in [-0.2, 0) is 38.0 Å². The summed E-state index contributed by atoms with van der Waals surface area (Å²) < 4.78 is 42.5. The summed E-state index contributed by atoms with van der Waals surface area (Å²) in [5.74, 6) is -1.28. The van der Waals surface area contributed by atoms with Crippen LogP contribution in [0.4, 0.5) is 0 Å². The van der Waals surface area contributed by atoms with Crippen LogP contribution in [0.3, 0.4) is 0 Å². The molecular weight excluding hydrogens is 668 g/mol. The Labute approximate surface area is 299 Å². The Morgan fingerprint density at radius 1 is 0.804 bits per heavy atom. The van der Waals surface area contributed by atoms with Crippen LogP contribution in [-0.4, -0.2) is 130 Å². The molecule has 1 aromatic carbocycles. The van der Waals surface area contributed by atoms with Crippen molar-refractivity contribution in [2.24, 2.45) is 11.8 Å². The topological polar surface area (TPSA) is 200 Å². The Balaban J connectivity index is 1.44. The number of rotatable bonds is 13. The van der Waals surface area contributed by atoms with Crippen molar-refractivity contribution in [2.45, 2.75) is 158 Å². The van der Waals surface area contributed by atoms with Gasteiger partial charge in [-0.1, -0.05) is 63.6 Å². The van der Waals surface area contributed by atoms with Gasteiger partial charge in [-0.05, 0) is 57.1 Å². The number of carbonyl (C=O) groups excluding carboxylic acids is 2. The molecule has 4 fully saturated rings. The Kier molecular flexibility index (Phi) is 14.6. The van der Waals surface area contributed by atoms with Gasteiger partial charge in [-0.2, -0.15) is 0 Å². The first kappa shape index (κ1) is 40.0. The average molecular weight is 725 g/mol. The van der Waals surface area contributed by atoms with Gasteiger partial charge in [-0.25, -0.2) is 9.59 Å². The Morgan fingerprint density at radius 3 is 2.22 bits per heavy atom. The predicted molar refractivity (Wildman–Crippen MR) is 179 cm³/mol. The third-order valence-corrected chi connectivity index (χ3v) is 10.7. The van der Waals surface area contributed by atoms with Crippen molar-refractivity contribution in [1.29, 1.82) is 0 Å². The van der Waals surface area contributed by atoms with Crippen molar-refractivity contribution in [1.82, 2.24) is 0 Å². The third kappa shape index (κ3) is 9.85. The summed E-state index contributed by atoms with van der Waals surface area (Å²) >= 11 is 0. The van der Waals surface area contributed by atoms with Crippen molar-refractivity contribution in [3.05, 3.63) is 35.9 Å². The van der Waals surface area contributed by atoms with Gasteiger partial charge in [0, 0.05) is 0 Å². The van der Waals surface area contributed by atoms with E-state index in [0.717, 1.165) is 44.9 Å². The molecule has 2 aliphatic heterocycles. The lowest BCUT2D eigenvalue weighted by molar-refractivity contribution is -0.348. The van der Waals surface area contributed by atoms with E-state index in [0.29, 0.717) is 12.8 Å². The highest BCUT2D eigenvalue weighted by molar-refractivity contribution is 5.89. The normalized spacial score (nSPS) is 38.5. The molecule has 14 nitrogen and oxygen atoms in total. The lowest BCUT2D eigenvalue weighted by Gasteiger charge is -2.47. The molecule has 0 aromatic heterocycles. The van der Waals surface area contributed by atoms with Crippen LogP contribution in [0.5, 0.6) is 0 Å². The van der Waals surface area contributed by atoms with Crippen LogP contribution in [0, 0.1) is 11.8 Å². The minimum Gasteiger partial charge on any atom is -0.464 e. The zero-order valence-corrected chi connectivity index (χ0v) is 29.7. The molecule has 0 radical (unpaired) electrons. The fraction of sp³-hybridized carbons (Fsp3) is 0.784. The fourth-order valence-corrected chi connectivity index (χ4v) is 7.71. The zero-order chi connectivity index (χ0) is 36.7. The van der Waals surface area contributed by atoms with Gasteiger partial charge in [-0.3, -0.25) is 0 Å². The fourth-order valence-electron chi connectivity index (χ4n) is 7.71. The highest BCUT2D eigenvalue weighted by atomic mass is 16.7. The summed E-state index contributed by atoms with van der Waals surface area (Å²) in [5.41, 5.74) is 0.226. The number of benzene rings is 1. The third-order valence-electron chi connectivity index (χ3n) is 10.7. The summed E-state index contributed by atoms with van der Waals surface area (Å²) in [6, 6.07) is 8.25. The molecule has 2 saturated carbocycles. The Bertz CT molecular complexity index is 1230. The minimum absolute atomic E-state index is 0.118. The number of hydrogen-bond acceptors (Lipinski definition) is 14. The SMILES string of the molecule is CCOC(=O)[C@H](CC1CCCCC1)O[C@H]1[C@@H](O)[C@@H](CO)O[C@@H](O[C@@H]2CCC[C@H](C)[C@H]2OC2O[C@@H](C)[C@@H](O)[C@@H](O)[C@@H]2O)[C@@H]1OC(=O)c1ccccc1. The molecule has 51 heavy (non-hydrogen) atoms. The van der Waals surface area contributed by atoms with E-state index in [9.17, 15) is 35.1 Å². The van der Waals surface area contributed by atoms with Gasteiger partial charge in [0.2, 0.25) is 0 Å². The second-order valence-electron chi connectivity index (χ2n) is 14.4. The van der Waals surface area contributed by atoms with E-state index in [-0.39, 0.29) is 24.0 Å².